The van der Waals surface area contributed by atoms with Crippen LogP contribution < -0.4 is 4.74 Å². The minimum atomic E-state index is -0.242. The molecule has 0 aliphatic carbocycles. The number of amides is 1. The van der Waals surface area contributed by atoms with Crippen molar-refractivity contribution in [3.63, 3.8) is 0 Å². The van der Waals surface area contributed by atoms with Crippen LogP contribution in [0.2, 0.25) is 0 Å². The second-order valence-corrected chi connectivity index (χ2v) is 8.62. The van der Waals surface area contributed by atoms with Gasteiger partial charge < -0.3 is 9.64 Å². The molecule has 1 unspecified atom stereocenters. The van der Waals surface area contributed by atoms with E-state index in [1.807, 2.05) is 41.3 Å². The van der Waals surface area contributed by atoms with Gasteiger partial charge in [-0.25, -0.2) is 9.37 Å². The topological polar surface area (TPSA) is 42.4 Å². The second-order valence-electron chi connectivity index (χ2n) is 8.62. The largest absolute Gasteiger partial charge is 0.481 e. The number of fused-ring (bicyclic) bond motifs is 1. The van der Waals surface area contributed by atoms with E-state index < -0.39 is 0 Å². The molecule has 1 aliphatic rings. The third-order valence-corrected chi connectivity index (χ3v) is 6.25. The van der Waals surface area contributed by atoms with E-state index >= 15 is 0 Å². The Balaban J connectivity index is 1.68. The quantitative estimate of drug-likeness (QED) is 0.506. The summed E-state index contributed by atoms with van der Waals surface area (Å²) < 4.78 is 19.9. The fourth-order valence-corrected chi connectivity index (χ4v) is 4.41. The summed E-state index contributed by atoms with van der Waals surface area (Å²) in [7, 11) is 1.62. The van der Waals surface area contributed by atoms with Gasteiger partial charge in [0.2, 0.25) is 11.8 Å². The monoisotopic (exact) mass is 420 g/mol. The molecule has 4 rings (SSSR count). The first kappa shape index (κ1) is 21.3. The SMILES string of the molecule is COc1nc(-c2ccc3cccc(F)c3c2)ccc1C(CN1CCCCC1=O)C(C)C. The Hall–Kier alpha value is -2.95. The third kappa shape index (κ3) is 4.41. The van der Waals surface area contributed by atoms with E-state index in [0.717, 1.165) is 41.6 Å². The Labute approximate surface area is 183 Å². The van der Waals surface area contributed by atoms with Crippen molar-refractivity contribution < 1.29 is 13.9 Å². The average molecular weight is 421 g/mol. The van der Waals surface area contributed by atoms with Crippen LogP contribution in [0.3, 0.4) is 0 Å². The third-order valence-electron chi connectivity index (χ3n) is 6.25. The lowest BCUT2D eigenvalue weighted by Gasteiger charge is -2.33. The van der Waals surface area contributed by atoms with Crippen molar-refractivity contribution in [3.05, 3.63) is 59.9 Å². The Kier molecular flexibility index (Phi) is 6.21. The Morgan fingerprint density at radius 1 is 1.13 bits per heavy atom. The van der Waals surface area contributed by atoms with Crippen LogP contribution in [0.4, 0.5) is 4.39 Å². The molecule has 2 heterocycles. The summed E-state index contributed by atoms with van der Waals surface area (Å²) in [6.07, 6.45) is 2.68. The molecular formula is C26H29FN2O2. The van der Waals surface area contributed by atoms with Crippen LogP contribution in [0.15, 0.2) is 48.5 Å². The Bertz CT molecular complexity index is 1100. The zero-order valence-corrected chi connectivity index (χ0v) is 18.4. The van der Waals surface area contributed by atoms with Crippen LogP contribution in [0, 0.1) is 11.7 Å². The van der Waals surface area contributed by atoms with E-state index in [1.165, 1.54) is 6.07 Å². The van der Waals surface area contributed by atoms with Crippen molar-refractivity contribution in [3.8, 4) is 17.1 Å². The number of hydrogen-bond acceptors (Lipinski definition) is 3. The summed E-state index contributed by atoms with van der Waals surface area (Å²) in [5, 5.41) is 1.44. The second kappa shape index (κ2) is 9.04. The summed E-state index contributed by atoms with van der Waals surface area (Å²) in [6, 6.07) is 14.8. The van der Waals surface area contributed by atoms with Crippen LogP contribution in [-0.4, -0.2) is 36.0 Å². The Morgan fingerprint density at radius 3 is 2.71 bits per heavy atom. The maximum absolute atomic E-state index is 14.3. The van der Waals surface area contributed by atoms with Gasteiger partial charge in [0.05, 0.1) is 12.8 Å². The highest BCUT2D eigenvalue weighted by Crippen LogP contribution is 2.35. The molecule has 0 N–H and O–H groups in total. The highest BCUT2D eigenvalue weighted by molar-refractivity contribution is 5.87. The molecule has 0 spiro atoms. The number of piperidine rings is 1. The van der Waals surface area contributed by atoms with E-state index in [1.54, 1.807) is 13.2 Å². The summed E-state index contributed by atoms with van der Waals surface area (Å²) in [5.41, 5.74) is 2.59. The molecule has 4 nitrogen and oxygen atoms in total. The van der Waals surface area contributed by atoms with Crippen LogP contribution in [0.5, 0.6) is 5.88 Å². The summed E-state index contributed by atoms with van der Waals surface area (Å²) in [4.78, 5) is 19.1. The fraction of sp³-hybridized carbons (Fsp3) is 0.385. The molecule has 1 aliphatic heterocycles. The lowest BCUT2D eigenvalue weighted by molar-refractivity contribution is -0.133. The molecule has 1 atom stereocenters. The molecule has 3 aromatic rings. The van der Waals surface area contributed by atoms with Gasteiger partial charge in [-0.15, -0.1) is 0 Å². The number of rotatable bonds is 6. The van der Waals surface area contributed by atoms with E-state index in [0.29, 0.717) is 30.1 Å². The molecule has 5 heteroatoms. The van der Waals surface area contributed by atoms with Crippen molar-refractivity contribution in [1.82, 2.24) is 9.88 Å². The zero-order chi connectivity index (χ0) is 22.0. The van der Waals surface area contributed by atoms with E-state index in [9.17, 15) is 9.18 Å². The van der Waals surface area contributed by atoms with Crippen LogP contribution in [-0.2, 0) is 4.79 Å². The number of methoxy groups -OCH3 is 1. The highest BCUT2D eigenvalue weighted by atomic mass is 19.1. The fourth-order valence-electron chi connectivity index (χ4n) is 4.41. The van der Waals surface area contributed by atoms with Crippen LogP contribution in [0.25, 0.3) is 22.0 Å². The number of carbonyl (C=O) groups excluding carboxylic acids is 1. The molecule has 1 amide bonds. The lowest BCUT2D eigenvalue weighted by Crippen LogP contribution is -2.39. The van der Waals surface area contributed by atoms with E-state index in [-0.39, 0.29) is 17.6 Å². The average Bonchev–Trinajstić information content (AvgIpc) is 2.78. The van der Waals surface area contributed by atoms with Gasteiger partial charge in [-0.1, -0.05) is 44.2 Å². The van der Waals surface area contributed by atoms with Crippen LogP contribution in [0.1, 0.15) is 44.6 Å². The molecule has 0 saturated carbocycles. The van der Waals surface area contributed by atoms with Crippen molar-refractivity contribution in [2.45, 2.75) is 39.0 Å². The number of benzene rings is 2. The van der Waals surface area contributed by atoms with Gasteiger partial charge in [-0.2, -0.15) is 0 Å². The van der Waals surface area contributed by atoms with Gasteiger partial charge in [0.15, 0.2) is 0 Å². The molecule has 2 aromatic carbocycles. The van der Waals surface area contributed by atoms with Gasteiger partial charge in [0.25, 0.3) is 0 Å². The summed E-state index contributed by atoms with van der Waals surface area (Å²) in [6.45, 7) is 5.82. The normalized spacial score (nSPS) is 15.5. The Morgan fingerprint density at radius 2 is 1.97 bits per heavy atom. The predicted octanol–water partition coefficient (Wildman–Crippen LogP) is 5.80. The van der Waals surface area contributed by atoms with Gasteiger partial charge in [0.1, 0.15) is 5.82 Å². The molecule has 1 saturated heterocycles. The van der Waals surface area contributed by atoms with Crippen molar-refractivity contribution in [2.75, 3.05) is 20.2 Å². The van der Waals surface area contributed by atoms with Gasteiger partial charge in [0, 0.05) is 41.9 Å². The first-order valence-corrected chi connectivity index (χ1v) is 11.0. The molecule has 162 valence electrons. The summed E-state index contributed by atoms with van der Waals surface area (Å²) in [5.74, 6) is 1.01. The smallest absolute Gasteiger partial charge is 0.222 e. The number of ether oxygens (including phenoxy) is 1. The van der Waals surface area contributed by atoms with Crippen LogP contribution >= 0.6 is 0 Å². The molecule has 31 heavy (non-hydrogen) atoms. The highest BCUT2D eigenvalue weighted by Gasteiger charge is 2.27. The molecule has 1 fully saturated rings. The minimum Gasteiger partial charge on any atom is -0.481 e. The van der Waals surface area contributed by atoms with Gasteiger partial charge in [-0.3, -0.25) is 4.79 Å². The number of pyridine rings is 1. The predicted molar refractivity (Wildman–Crippen MR) is 122 cm³/mol. The molecule has 0 bridgehead atoms. The number of hydrogen-bond donors (Lipinski definition) is 0. The van der Waals surface area contributed by atoms with Crippen molar-refractivity contribution >= 4 is 16.7 Å². The zero-order valence-electron chi connectivity index (χ0n) is 18.4. The van der Waals surface area contributed by atoms with Gasteiger partial charge >= 0.3 is 0 Å². The lowest BCUT2D eigenvalue weighted by atomic mass is 9.87. The number of nitrogens with zero attached hydrogens (tertiary/aromatic N) is 2. The van der Waals surface area contributed by atoms with Crippen molar-refractivity contribution in [2.24, 2.45) is 5.92 Å². The number of aromatic nitrogens is 1. The number of halogens is 1. The summed E-state index contributed by atoms with van der Waals surface area (Å²) >= 11 is 0. The molecule has 0 radical (unpaired) electrons. The first-order valence-electron chi connectivity index (χ1n) is 11.0. The van der Waals surface area contributed by atoms with Gasteiger partial charge in [-0.05, 0) is 42.3 Å². The molecule has 1 aromatic heterocycles. The maximum Gasteiger partial charge on any atom is 0.222 e. The minimum absolute atomic E-state index is 0.132. The number of likely N-dealkylation sites (tertiary alicyclic amines) is 1. The number of carbonyl (C=O) groups is 1. The maximum atomic E-state index is 14.3. The van der Waals surface area contributed by atoms with Crippen molar-refractivity contribution in [1.29, 1.82) is 0 Å². The first-order chi connectivity index (χ1) is 15.0. The standard InChI is InChI=1S/C26H29FN2O2/c1-17(2)22(16-29-14-5-4-9-25(29)30)20-12-13-24(28-26(20)31-3)19-11-10-18-7-6-8-23(27)21(18)15-19/h6-8,10-13,15,17,22H,4-5,9,14,16H2,1-3H3. The molecular weight excluding hydrogens is 391 g/mol. The van der Waals surface area contributed by atoms with E-state index in [2.05, 4.69) is 13.8 Å². The van der Waals surface area contributed by atoms with E-state index in [4.69, 9.17) is 9.72 Å².